The van der Waals surface area contributed by atoms with E-state index in [0.29, 0.717) is 38.1 Å². The molecule has 1 atom stereocenters. The first-order chi connectivity index (χ1) is 9.80. The molecule has 2 heterocycles. The van der Waals surface area contributed by atoms with Crippen molar-refractivity contribution >= 4 is 48.9 Å². The molecular formula is C13H20BrClN2O2S2. The van der Waals surface area contributed by atoms with Gasteiger partial charge >= 0.3 is 0 Å². The molecule has 120 valence electrons. The quantitative estimate of drug-likeness (QED) is 0.800. The van der Waals surface area contributed by atoms with Crippen LogP contribution in [0.15, 0.2) is 14.1 Å². The lowest BCUT2D eigenvalue weighted by molar-refractivity contribution is 0.257. The van der Waals surface area contributed by atoms with Gasteiger partial charge in [-0.05, 0) is 47.3 Å². The maximum atomic E-state index is 12.7. The van der Waals surface area contributed by atoms with E-state index in [4.69, 9.17) is 11.6 Å². The highest BCUT2D eigenvalue weighted by Gasteiger charge is 2.31. The molecule has 0 aliphatic carbocycles. The number of nitrogens with zero attached hydrogens (tertiary/aromatic N) is 1. The first-order valence-electron chi connectivity index (χ1n) is 6.99. The highest BCUT2D eigenvalue weighted by molar-refractivity contribution is 9.11. The summed E-state index contributed by atoms with van der Waals surface area (Å²) in [6.07, 6.45) is 1.98. The van der Waals surface area contributed by atoms with E-state index in [0.717, 1.165) is 19.4 Å². The fourth-order valence-electron chi connectivity index (χ4n) is 2.40. The molecule has 1 saturated heterocycles. The van der Waals surface area contributed by atoms with Gasteiger partial charge in [0.1, 0.15) is 4.21 Å². The second-order valence-electron chi connectivity index (χ2n) is 5.62. The van der Waals surface area contributed by atoms with Crippen molar-refractivity contribution in [2.75, 3.05) is 19.6 Å². The van der Waals surface area contributed by atoms with E-state index in [1.807, 2.05) is 0 Å². The normalized spacial score (nSPS) is 21.1. The Bertz CT molecular complexity index is 569. The summed E-state index contributed by atoms with van der Waals surface area (Å²) in [5, 5.41) is 3.85. The lowest BCUT2D eigenvalue weighted by Gasteiger charge is -2.32. The van der Waals surface area contributed by atoms with Crippen LogP contribution in [0.2, 0.25) is 5.02 Å². The van der Waals surface area contributed by atoms with E-state index in [2.05, 4.69) is 35.1 Å². The minimum absolute atomic E-state index is 0.317. The Morgan fingerprint density at radius 2 is 2.29 bits per heavy atom. The summed E-state index contributed by atoms with van der Waals surface area (Å²) in [7, 11) is -3.43. The largest absolute Gasteiger partial charge is 0.314 e. The molecule has 0 spiro atoms. The molecule has 8 heteroatoms. The van der Waals surface area contributed by atoms with Crippen molar-refractivity contribution in [3.05, 3.63) is 14.9 Å². The summed E-state index contributed by atoms with van der Waals surface area (Å²) < 4.78 is 27.9. The molecule has 2 rings (SSSR count). The van der Waals surface area contributed by atoms with E-state index in [-0.39, 0.29) is 0 Å². The topological polar surface area (TPSA) is 49.4 Å². The minimum Gasteiger partial charge on any atom is -0.314 e. The van der Waals surface area contributed by atoms with Crippen molar-refractivity contribution in [3.8, 4) is 0 Å². The van der Waals surface area contributed by atoms with Gasteiger partial charge in [-0.2, -0.15) is 4.31 Å². The van der Waals surface area contributed by atoms with Crippen LogP contribution in [0.4, 0.5) is 0 Å². The van der Waals surface area contributed by atoms with Gasteiger partial charge in [-0.15, -0.1) is 11.3 Å². The zero-order valence-corrected chi connectivity index (χ0v) is 16.1. The van der Waals surface area contributed by atoms with Gasteiger partial charge in [0.15, 0.2) is 0 Å². The second kappa shape index (κ2) is 7.27. The lowest BCUT2D eigenvalue weighted by atomic mass is 9.99. The third-order valence-corrected chi connectivity index (χ3v) is 8.30. The summed E-state index contributed by atoms with van der Waals surface area (Å²) in [5.74, 6) is 0.370. The Morgan fingerprint density at radius 1 is 1.57 bits per heavy atom. The number of nitrogens with one attached hydrogen (secondary N) is 1. The van der Waals surface area contributed by atoms with Crippen LogP contribution in [0.3, 0.4) is 0 Å². The molecule has 1 aliphatic rings. The van der Waals surface area contributed by atoms with Gasteiger partial charge in [0.25, 0.3) is 10.0 Å². The summed E-state index contributed by atoms with van der Waals surface area (Å²) in [4.78, 5) is 0. The molecule has 0 bridgehead atoms. The van der Waals surface area contributed by atoms with E-state index < -0.39 is 10.0 Å². The standard InChI is InChI=1S/C13H20BrClN2O2S2/c1-9(2)16-7-10-4-3-5-17(8-10)21(18,19)12-6-11(15)13(14)20-12/h6,9-10,16H,3-5,7-8H2,1-2H3. The number of halogens is 2. The van der Waals surface area contributed by atoms with Crippen molar-refractivity contribution < 1.29 is 8.42 Å². The van der Waals surface area contributed by atoms with Crippen molar-refractivity contribution in [2.24, 2.45) is 5.92 Å². The molecule has 1 fully saturated rings. The van der Waals surface area contributed by atoms with E-state index in [9.17, 15) is 8.42 Å². The monoisotopic (exact) mass is 414 g/mol. The van der Waals surface area contributed by atoms with Crippen LogP contribution in [0, 0.1) is 5.92 Å². The van der Waals surface area contributed by atoms with Crippen LogP contribution < -0.4 is 5.32 Å². The minimum atomic E-state index is -3.43. The predicted molar refractivity (Wildman–Crippen MR) is 91.7 cm³/mol. The number of hydrogen-bond donors (Lipinski definition) is 1. The number of sulfonamides is 1. The van der Waals surface area contributed by atoms with Crippen LogP contribution in [-0.2, 0) is 10.0 Å². The van der Waals surface area contributed by atoms with Gasteiger partial charge in [0.05, 0.1) is 8.81 Å². The van der Waals surface area contributed by atoms with Crippen LogP contribution in [0.5, 0.6) is 0 Å². The van der Waals surface area contributed by atoms with Gasteiger partial charge in [-0.1, -0.05) is 25.4 Å². The summed E-state index contributed by atoms with van der Waals surface area (Å²) in [6.45, 7) is 6.23. The highest BCUT2D eigenvalue weighted by Crippen LogP contribution is 2.36. The molecule has 0 aromatic carbocycles. The Hall–Kier alpha value is 0.340. The fraction of sp³-hybridized carbons (Fsp3) is 0.692. The van der Waals surface area contributed by atoms with Gasteiger partial charge in [0.2, 0.25) is 0 Å². The first-order valence-corrected chi connectivity index (χ1v) is 10.4. The van der Waals surface area contributed by atoms with Crippen molar-refractivity contribution in [2.45, 2.75) is 36.9 Å². The summed E-state index contributed by atoms with van der Waals surface area (Å²) >= 11 is 10.4. The van der Waals surface area contributed by atoms with Gasteiger partial charge in [-0.25, -0.2) is 8.42 Å². The van der Waals surface area contributed by atoms with E-state index >= 15 is 0 Å². The zero-order valence-electron chi connectivity index (χ0n) is 12.1. The number of piperidine rings is 1. The van der Waals surface area contributed by atoms with Gasteiger partial charge < -0.3 is 5.32 Å². The predicted octanol–water partition coefficient (Wildman–Crippen LogP) is 3.56. The van der Waals surface area contributed by atoms with Crippen molar-refractivity contribution in [1.29, 1.82) is 0 Å². The average Bonchev–Trinajstić information content (AvgIpc) is 2.77. The summed E-state index contributed by atoms with van der Waals surface area (Å²) in [6, 6.07) is 1.95. The van der Waals surface area contributed by atoms with Crippen LogP contribution >= 0.6 is 38.9 Å². The Labute approximate surface area is 144 Å². The molecule has 1 aliphatic heterocycles. The smallest absolute Gasteiger partial charge is 0.252 e. The third kappa shape index (κ3) is 4.42. The SMILES string of the molecule is CC(C)NCC1CCCN(S(=O)(=O)c2cc(Cl)c(Br)s2)C1. The molecule has 1 N–H and O–H groups in total. The second-order valence-corrected chi connectivity index (χ2v) is 10.6. The van der Waals surface area contributed by atoms with Gasteiger partial charge in [0, 0.05) is 19.1 Å². The van der Waals surface area contributed by atoms with Gasteiger partial charge in [-0.3, -0.25) is 0 Å². The Balaban J connectivity index is 2.09. The first kappa shape index (κ1) is 17.7. The molecule has 21 heavy (non-hydrogen) atoms. The average molecular weight is 416 g/mol. The Kier molecular flexibility index (Phi) is 6.13. The number of hydrogen-bond acceptors (Lipinski definition) is 4. The third-order valence-electron chi connectivity index (χ3n) is 3.51. The number of rotatable bonds is 5. The summed E-state index contributed by atoms with van der Waals surface area (Å²) in [5.41, 5.74) is 0. The van der Waals surface area contributed by atoms with Crippen LogP contribution in [-0.4, -0.2) is 38.4 Å². The molecule has 1 unspecified atom stereocenters. The molecule has 4 nitrogen and oxygen atoms in total. The maximum Gasteiger partial charge on any atom is 0.252 e. The highest BCUT2D eigenvalue weighted by atomic mass is 79.9. The zero-order chi connectivity index (χ0) is 15.6. The molecule has 0 saturated carbocycles. The fourth-order valence-corrected chi connectivity index (χ4v) is 6.50. The molecule has 0 radical (unpaired) electrons. The van der Waals surface area contributed by atoms with E-state index in [1.54, 1.807) is 4.31 Å². The molecular weight excluding hydrogens is 396 g/mol. The van der Waals surface area contributed by atoms with Crippen molar-refractivity contribution in [1.82, 2.24) is 9.62 Å². The van der Waals surface area contributed by atoms with Crippen molar-refractivity contribution in [3.63, 3.8) is 0 Å². The van der Waals surface area contributed by atoms with Crippen LogP contribution in [0.1, 0.15) is 26.7 Å². The lowest BCUT2D eigenvalue weighted by Crippen LogP contribution is -2.43. The van der Waals surface area contributed by atoms with Crippen LogP contribution in [0.25, 0.3) is 0 Å². The number of thiophene rings is 1. The van der Waals surface area contributed by atoms with E-state index in [1.165, 1.54) is 17.4 Å². The maximum absolute atomic E-state index is 12.7. The molecule has 1 aromatic heterocycles. The molecule has 0 amide bonds. The molecule has 1 aromatic rings. The Morgan fingerprint density at radius 3 is 2.86 bits per heavy atom.